The van der Waals surface area contributed by atoms with Crippen LogP contribution in [0.1, 0.15) is 6.92 Å². The molecule has 0 atom stereocenters. The van der Waals surface area contributed by atoms with Crippen molar-refractivity contribution in [1.29, 1.82) is 0 Å². The Kier molecular flexibility index (Phi) is 3.75. The standard InChI is InChI=1S/C4H9N5.ClH/c1-2-9(5)4-6-3-7-8-4;/h3H,2,5H2,1H3,(H,6,7,8);1H. The van der Waals surface area contributed by atoms with E-state index in [0.717, 1.165) is 6.54 Å². The first-order chi connectivity index (χ1) is 4.34. The Labute approximate surface area is 65.0 Å². The van der Waals surface area contributed by atoms with Gasteiger partial charge in [0, 0.05) is 6.54 Å². The molecule has 1 rings (SSSR count). The lowest BCUT2D eigenvalue weighted by Crippen LogP contribution is -2.31. The highest BCUT2D eigenvalue weighted by Gasteiger charge is 1.97. The Morgan fingerprint density at radius 1 is 1.80 bits per heavy atom. The third-order valence-electron chi connectivity index (χ3n) is 1.02. The molecule has 0 saturated carbocycles. The van der Waals surface area contributed by atoms with Gasteiger partial charge in [0.1, 0.15) is 6.33 Å². The molecule has 0 fully saturated rings. The van der Waals surface area contributed by atoms with Crippen LogP contribution in [0.5, 0.6) is 0 Å². The first-order valence-electron chi connectivity index (χ1n) is 2.72. The van der Waals surface area contributed by atoms with Gasteiger partial charge in [0.05, 0.1) is 0 Å². The first-order valence-corrected chi connectivity index (χ1v) is 2.72. The molecule has 6 heteroatoms. The van der Waals surface area contributed by atoms with Gasteiger partial charge in [0.2, 0.25) is 5.95 Å². The van der Waals surface area contributed by atoms with Crippen LogP contribution in [0.2, 0.25) is 0 Å². The predicted octanol–water partition coefficient (Wildman–Crippen LogP) is -0.0735. The molecule has 0 saturated heterocycles. The quantitative estimate of drug-likeness (QED) is 0.473. The molecule has 0 aliphatic rings. The van der Waals surface area contributed by atoms with E-state index in [4.69, 9.17) is 5.84 Å². The number of anilines is 1. The van der Waals surface area contributed by atoms with E-state index in [-0.39, 0.29) is 12.4 Å². The van der Waals surface area contributed by atoms with Crippen molar-refractivity contribution in [2.24, 2.45) is 5.84 Å². The molecule has 1 aromatic rings. The lowest BCUT2D eigenvalue weighted by Gasteiger charge is -2.09. The molecule has 3 N–H and O–H groups in total. The van der Waals surface area contributed by atoms with Crippen LogP contribution in [0.15, 0.2) is 6.33 Å². The summed E-state index contributed by atoms with van der Waals surface area (Å²) in [5, 5.41) is 7.74. The maximum atomic E-state index is 5.44. The van der Waals surface area contributed by atoms with Gasteiger partial charge in [0.25, 0.3) is 0 Å². The summed E-state index contributed by atoms with van der Waals surface area (Å²) in [6, 6.07) is 0. The summed E-state index contributed by atoms with van der Waals surface area (Å²) in [5.41, 5.74) is 0. The normalized spacial score (nSPS) is 8.60. The monoisotopic (exact) mass is 163 g/mol. The van der Waals surface area contributed by atoms with Crippen LogP contribution < -0.4 is 10.9 Å². The summed E-state index contributed by atoms with van der Waals surface area (Å²) in [6.45, 7) is 2.65. The van der Waals surface area contributed by atoms with Gasteiger partial charge in [-0.05, 0) is 6.92 Å². The van der Waals surface area contributed by atoms with Gasteiger partial charge in [0.15, 0.2) is 0 Å². The maximum Gasteiger partial charge on any atom is 0.235 e. The minimum atomic E-state index is 0. The van der Waals surface area contributed by atoms with E-state index < -0.39 is 0 Å². The van der Waals surface area contributed by atoms with Crippen LogP contribution in [-0.2, 0) is 0 Å². The largest absolute Gasteiger partial charge is 0.279 e. The highest BCUT2D eigenvalue weighted by molar-refractivity contribution is 5.85. The Balaban J connectivity index is 0.000000810. The van der Waals surface area contributed by atoms with Crippen molar-refractivity contribution in [2.75, 3.05) is 11.6 Å². The lowest BCUT2D eigenvalue weighted by molar-refractivity contribution is 0.843. The summed E-state index contributed by atoms with van der Waals surface area (Å²) in [6.07, 6.45) is 1.42. The molecule has 1 heterocycles. The fraction of sp³-hybridized carbons (Fsp3) is 0.500. The highest BCUT2D eigenvalue weighted by Crippen LogP contribution is 1.95. The molecule has 58 valence electrons. The average molecular weight is 164 g/mol. The zero-order chi connectivity index (χ0) is 6.69. The van der Waals surface area contributed by atoms with Gasteiger partial charge in [-0.15, -0.1) is 12.4 Å². The molecule has 0 unspecified atom stereocenters. The molecule has 0 aliphatic carbocycles. The van der Waals surface area contributed by atoms with Gasteiger partial charge in [-0.2, -0.15) is 10.1 Å². The number of aromatic amines is 1. The number of hydrazine groups is 1. The first kappa shape index (κ1) is 9.19. The van der Waals surface area contributed by atoms with Crippen molar-refractivity contribution in [3.8, 4) is 0 Å². The number of hydrogen-bond donors (Lipinski definition) is 2. The van der Waals surface area contributed by atoms with Gasteiger partial charge in [-0.1, -0.05) is 0 Å². The molecule has 5 nitrogen and oxygen atoms in total. The minimum absolute atomic E-state index is 0. The zero-order valence-electron chi connectivity index (χ0n) is 5.61. The van der Waals surface area contributed by atoms with Crippen LogP contribution >= 0.6 is 12.4 Å². The number of halogens is 1. The van der Waals surface area contributed by atoms with Crippen molar-refractivity contribution in [1.82, 2.24) is 15.2 Å². The number of nitrogens with two attached hydrogens (primary N) is 1. The second-order valence-corrected chi connectivity index (χ2v) is 1.60. The number of aromatic nitrogens is 3. The summed E-state index contributed by atoms with van der Waals surface area (Å²) in [4.78, 5) is 3.82. The van der Waals surface area contributed by atoms with Crippen molar-refractivity contribution in [3.63, 3.8) is 0 Å². The summed E-state index contributed by atoms with van der Waals surface area (Å²) < 4.78 is 0. The lowest BCUT2D eigenvalue weighted by atomic mass is 10.7. The molecular weight excluding hydrogens is 154 g/mol. The van der Waals surface area contributed by atoms with Crippen molar-refractivity contribution < 1.29 is 0 Å². The van der Waals surface area contributed by atoms with E-state index in [9.17, 15) is 0 Å². The van der Waals surface area contributed by atoms with Crippen LogP contribution in [0, 0.1) is 0 Å². The molecule has 0 amide bonds. The molecule has 0 spiro atoms. The Morgan fingerprint density at radius 2 is 2.50 bits per heavy atom. The number of H-pyrrole nitrogens is 1. The van der Waals surface area contributed by atoms with Crippen LogP contribution in [0.4, 0.5) is 5.95 Å². The smallest absolute Gasteiger partial charge is 0.235 e. The van der Waals surface area contributed by atoms with E-state index in [1.165, 1.54) is 11.3 Å². The third kappa shape index (κ3) is 1.85. The van der Waals surface area contributed by atoms with Gasteiger partial charge in [-0.3, -0.25) is 5.01 Å². The molecular formula is C4H10ClN5. The average Bonchev–Trinajstić information content (AvgIpc) is 2.37. The second-order valence-electron chi connectivity index (χ2n) is 1.60. The predicted molar refractivity (Wildman–Crippen MR) is 40.8 cm³/mol. The number of nitrogens with one attached hydrogen (secondary N) is 1. The Morgan fingerprint density at radius 3 is 2.90 bits per heavy atom. The SMILES string of the molecule is CCN(N)c1ncn[nH]1.Cl. The van der Waals surface area contributed by atoms with Crippen molar-refractivity contribution >= 4 is 18.4 Å². The van der Waals surface area contributed by atoms with E-state index in [2.05, 4.69) is 15.2 Å². The number of nitrogens with zero attached hydrogens (tertiary/aromatic N) is 3. The molecule has 0 aromatic carbocycles. The van der Waals surface area contributed by atoms with Crippen LogP contribution in [0.25, 0.3) is 0 Å². The highest BCUT2D eigenvalue weighted by atomic mass is 35.5. The molecule has 0 radical (unpaired) electrons. The Hall–Kier alpha value is -0.810. The molecule has 0 bridgehead atoms. The van der Waals surface area contributed by atoms with Crippen molar-refractivity contribution in [2.45, 2.75) is 6.92 Å². The zero-order valence-corrected chi connectivity index (χ0v) is 6.43. The molecule has 1 aromatic heterocycles. The summed E-state index contributed by atoms with van der Waals surface area (Å²) in [7, 11) is 0. The third-order valence-corrected chi connectivity index (χ3v) is 1.02. The Bertz CT molecular complexity index is 162. The summed E-state index contributed by atoms with van der Waals surface area (Å²) in [5.74, 6) is 6.03. The van der Waals surface area contributed by atoms with Crippen LogP contribution in [0.3, 0.4) is 0 Å². The van der Waals surface area contributed by atoms with Gasteiger partial charge < -0.3 is 0 Å². The molecule has 0 aliphatic heterocycles. The minimum Gasteiger partial charge on any atom is -0.279 e. The topological polar surface area (TPSA) is 70.8 Å². The second kappa shape index (κ2) is 4.08. The number of rotatable bonds is 2. The van der Waals surface area contributed by atoms with E-state index >= 15 is 0 Å². The molecule has 10 heavy (non-hydrogen) atoms. The van der Waals surface area contributed by atoms with E-state index in [1.54, 1.807) is 0 Å². The fourth-order valence-corrected chi connectivity index (χ4v) is 0.487. The van der Waals surface area contributed by atoms with Gasteiger partial charge >= 0.3 is 0 Å². The van der Waals surface area contributed by atoms with Crippen molar-refractivity contribution in [3.05, 3.63) is 6.33 Å². The van der Waals surface area contributed by atoms with E-state index in [0.29, 0.717) is 5.95 Å². The van der Waals surface area contributed by atoms with Crippen LogP contribution in [-0.4, -0.2) is 21.7 Å². The van der Waals surface area contributed by atoms with E-state index in [1.807, 2.05) is 6.92 Å². The fourth-order valence-electron chi connectivity index (χ4n) is 0.487. The maximum absolute atomic E-state index is 5.44. The summed E-state index contributed by atoms with van der Waals surface area (Å²) >= 11 is 0. The number of hydrogen-bond acceptors (Lipinski definition) is 4. The van der Waals surface area contributed by atoms with Gasteiger partial charge in [-0.25, -0.2) is 10.9 Å².